The number of methoxy groups -OCH3 is 1. The SMILES string of the molecule is COc1cc(NS(=O)[O-])ccc1C(=O)N1CCN(C(=O)c2cccc(F)c2F)CC1. The van der Waals surface area contributed by atoms with E-state index in [2.05, 4.69) is 4.72 Å². The molecule has 1 heterocycles. The third-order valence-corrected chi connectivity index (χ3v) is 5.07. The number of ether oxygens (including phenoxy) is 1. The standard InChI is InChI=1S/C19H19F2N3O5S/c1-29-16-11-12(22-30(27)28)5-6-13(16)18(25)23-7-9-24(10-8-23)19(26)14-3-2-4-15(20)17(14)21/h2-6,11,22H,7-10H2,1H3,(H,27,28)/p-1. The third-order valence-electron chi connectivity index (χ3n) is 4.67. The molecule has 30 heavy (non-hydrogen) atoms. The van der Waals surface area contributed by atoms with E-state index < -0.39 is 28.8 Å². The van der Waals surface area contributed by atoms with E-state index in [0.29, 0.717) is 0 Å². The van der Waals surface area contributed by atoms with Gasteiger partial charge in [0.15, 0.2) is 11.6 Å². The van der Waals surface area contributed by atoms with Crippen LogP contribution in [-0.4, -0.2) is 63.7 Å². The second-order valence-corrected chi connectivity index (χ2v) is 7.11. The summed E-state index contributed by atoms with van der Waals surface area (Å²) >= 11 is -2.51. The molecule has 8 nitrogen and oxygen atoms in total. The molecule has 2 amide bonds. The van der Waals surface area contributed by atoms with E-state index in [1.54, 1.807) is 0 Å². The van der Waals surface area contributed by atoms with Gasteiger partial charge in [-0.2, -0.15) is 0 Å². The van der Waals surface area contributed by atoms with Gasteiger partial charge in [-0.05, 0) is 24.3 Å². The molecule has 2 aromatic rings. The summed E-state index contributed by atoms with van der Waals surface area (Å²) in [6, 6.07) is 7.67. The van der Waals surface area contributed by atoms with E-state index in [9.17, 15) is 27.1 Å². The van der Waals surface area contributed by atoms with Crippen LogP contribution in [0, 0.1) is 11.6 Å². The summed E-state index contributed by atoms with van der Waals surface area (Å²) in [6.07, 6.45) is 0. The molecular weight excluding hydrogens is 420 g/mol. The summed E-state index contributed by atoms with van der Waals surface area (Å²) < 4.78 is 56.2. The number of hydrogen-bond acceptors (Lipinski definition) is 5. The number of piperazine rings is 1. The van der Waals surface area contributed by atoms with Gasteiger partial charge >= 0.3 is 0 Å². The number of rotatable bonds is 5. The van der Waals surface area contributed by atoms with E-state index in [0.717, 1.165) is 6.07 Å². The van der Waals surface area contributed by atoms with Crippen molar-refractivity contribution in [1.29, 1.82) is 0 Å². The number of nitrogens with zero attached hydrogens (tertiary/aromatic N) is 2. The van der Waals surface area contributed by atoms with E-state index >= 15 is 0 Å². The van der Waals surface area contributed by atoms with E-state index in [1.807, 2.05) is 0 Å². The van der Waals surface area contributed by atoms with Gasteiger partial charge in [0.2, 0.25) is 0 Å². The third kappa shape index (κ3) is 4.57. The van der Waals surface area contributed by atoms with Crippen molar-refractivity contribution < 1.29 is 31.9 Å². The molecule has 0 saturated carbocycles. The van der Waals surface area contributed by atoms with Crippen LogP contribution in [0.1, 0.15) is 20.7 Å². The van der Waals surface area contributed by atoms with Crippen molar-refractivity contribution in [3.63, 3.8) is 0 Å². The van der Waals surface area contributed by atoms with Gasteiger partial charge in [-0.25, -0.2) is 8.78 Å². The van der Waals surface area contributed by atoms with Gasteiger partial charge in [-0.3, -0.25) is 13.8 Å². The van der Waals surface area contributed by atoms with Gasteiger partial charge < -0.3 is 23.8 Å². The van der Waals surface area contributed by atoms with Gasteiger partial charge in [-0.15, -0.1) is 0 Å². The smallest absolute Gasteiger partial charge is 0.257 e. The van der Waals surface area contributed by atoms with Crippen molar-refractivity contribution in [1.82, 2.24) is 9.80 Å². The van der Waals surface area contributed by atoms with E-state index in [1.165, 1.54) is 47.2 Å². The lowest BCUT2D eigenvalue weighted by Gasteiger charge is -2.35. The Balaban J connectivity index is 1.69. The normalized spacial score (nSPS) is 14.9. The summed E-state index contributed by atoms with van der Waals surface area (Å²) in [5.41, 5.74) is 0.121. The van der Waals surface area contributed by atoms with Gasteiger partial charge in [0, 0.05) is 49.2 Å². The number of nitrogens with one attached hydrogen (secondary N) is 1. The highest BCUT2D eigenvalue weighted by atomic mass is 32.2. The fourth-order valence-electron chi connectivity index (χ4n) is 3.15. The molecule has 1 fully saturated rings. The van der Waals surface area contributed by atoms with Crippen LogP contribution in [-0.2, 0) is 11.3 Å². The largest absolute Gasteiger partial charge is 0.755 e. The van der Waals surface area contributed by atoms with Crippen molar-refractivity contribution in [2.24, 2.45) is 0 Å². The van der Waals surface area contributed by atoms with Crippen molar-refractivity contribution >= 4 is 28.8 Å². The number of benzene rings is 2. The Hall–Kier alpha value is -3.05. The molecule has 1 aliphatic heterocycles. The lowest BCUT2D eigenvalue weighted by Crippen LogP contribution is -2.50. The van der Waals surface area contributed by atoms with Crippen molar-refractivity contribution in [3.8, 4) is 5.75 Å². The number of carbonyl (C=O) groups excluding carboxylic acids is 2. The average Bonchev–Trinajstić information content (AvgIpc) is 2.74. The van der Waals surface area contributed by atoms with Crippen molar-refractivity contribution in [2.45, 2.75) is 0 Å². The lowest BCUT2D eigenvalue weighted by molar-refractivity contribution is 0.0530. The number of carbonyl (C=O) groups is 2. The molecule has 1 saturated heterocycles. The fraction of sp³-hybridized carbons (Fsp3) is 0.263. The molecule has 1 atom stereocenters. The predicted molar refractivity (Wildman–Crippen MR) is 104 cm³/mol. The van der Waals surface area contributed by atoms with Gasteiger partial charge in [-0.1, -0.05) is 6.07 Å². The Bertz CT molecular complexity index is 996. The van der Waals surface area contributed by atoms with Crippen molar-refractivity contribution in [2.75, 3.05) is 38.0 Å². The Labute approximate surface area is 173 Å². The maximum atomic E-state index is 13.9. The number of amides is 2. The molecule has 0 aliphatic carbocycles. The molecule has 0 bridgehead atoms. The highest BCUT2D eigenvalue weighted by Crippen LogP contribution is 2.25. The zero-order valence-electron chi connectivity index (χ0n) is 15.9. The fourth-order valence-corrected chi connectivity index (χ4v) is 3.47. The molecule has 1 N–H and O–H groups in total. The lowest BCUT2D eigenvalue weighted by atomic mass is 10.1. The molecule has 2 aromatic carbocycles. The second kappa shape index (κ2) is 9.18. The number of anilines is 1. The highest BCUT2D eigenvalue weighted by molar-refractivity contribution is 7.80. The molecule has 0 spiro atoms. The van der Waals surface area contributed by atoms with Crippen LogP contribution in [0.5, 0.6) is 5.75 Å². The Morgan fingerprint density at radius 2 is 1.63 bits per heavy atom. The first-order chi connectivity index (χ1) is 14.3. The van der Waals surface area contributed by atoms with Crippen LogP contribution in [0.3, 0.4) is 0 Å². The number of halogens is 2. The van der Waals surface area contributed by atoms with Crippen LogP contribution in [0.15, 0.2) is 36.4 Å². The Kier molecular flexibility index (Phi) is 6.63. The Morgan fingerprint density at radius 1 is 1.03 bits per heavy atom. The molecule has 160 valence electrons. The summed E-state index contributed by atoms with van der Waals surface area (Å²) in [4.78, 5) is 28.2. The second-order valence-electron chi connectivity index (χ2n) is 6.44. The first-order valence-electron chi connectivity index (χ1n) is 8.88. The molecule has 0 aromatic heterocycles. The van der Waals surface area contributed by atoms with Gasteiger partial charge in [0.25, 0.3) is 11.8 Å². The van der Waals surface area contributed by atoms with Gasteiger partial charge in [0.05, 0.1) is 18.2 Å². The van der Waals surface area contributed by atoms with Crippen molar-refractivity contribution in [3.05, 3.63) is 59.2 Å². The summed E-state index contributed by atoms with van der Waals surface area (Å²) in [7, 11) is 1.36. The van der Waals surface area contributed by atoms with Crippen LogP contribution in [0.4, 0.5) is 14.5 Å². The minimum Gasteiger partial charge on any atom is -0.755 e. The van der Waals surface area contributed by atoms with Crippen LogP contribution < -0.4 is 9.46 Å². The monoisotopic (exact) mass is 438 g/mol. The van der Waals surface area contributed by atoms with E-state index in [4.69, 9.17) is 4.74 Å². The quantitative estimate of drug-likeness (QED) is 0.717. The minimum absolute atomic E-state index is 0.150. The molecule has 3 rings (SSSR count). The zero-order valence-corrected chi connectivity index (χ0v) is 16.7. The first-order valence-corrected chi connectivity index (χ1v) is 9.96. The van der Waals surface area contributed by atoms with Crippen LogP contribution in [0.25, 0.3) is 0 Å². The molecule has 1 aliphatic rings. The average molecular weight is 438 g/mol. The zero-order chi connectivity index (χ0) is 21.8. The first kappa shape index (κ1) is 21.7. The molecule has 1 unspecified atom stereocenters. The predicted octanol–water partition coefficient (Wildman–Crippen LogP) is 1.78. The summed E-state index contributed by atoms with van der Waals surface area (Å²) in [5.74, 6) is -3.10. The summed E-state index contributed by atoms with van der Waals surface area (Å²) in [5, 5.41) is 0. The maximum absolute atomic E-state index is 13.9. The molecule has 11 heteroatoms. The van der Waals surface area contributed by atoms with Gasteiger partial charge in [0.1, 0.15) is 5.75 Å². The van der Waals surface area contributed by atoms with Crippen LogP contribution >= 0.6 is 0 Å². The minimum atomic E-state index is -2.51. The van der Waals surface area contributed by atoms with E-state index in [-0.39, 0.29) is 54.7 Å². The van der Waals surface area contributed by atoms with Crippen LogP contribution in [0.2, 0.25) is 0 Å². The topological polar surface area (TPSA) is 102 Å². The maximum Gasteiger partial charge on any atom is 0.257 e. The highest BCUT2D eigenvalue weighted by Gasteiger charge is 2.28. The number of hydrogen-bond donors (Lipinski definition) is 1. The Morgan fingerprint density at radius 3 is 2.20 bits per heavy atom. The molecule has 0 radical (unpaired) electrons. The summed E-state index contributed by atoms with van der Waals surface area (Å²) in [6.45, 7) is 0.680. The molecular formula is C19H18F2N3O5S-.